The molecule has 0 saturated heterocycles. The fourth-order valence-electron chi connectivity index (χ4n) is 0.878. The normalized spacial score (nSPS) is 18.7. The molecule has 74 valence electrons. The molecule has 0 aromatic rings. The molecule has 3 unspecified atom stereocenters. The van der Waals surface area contributed by atoms with Crippen LogP contribution in [-0.2, 0) is 10.8 Å². The maximum Gasteiger partial charge on any atom is 0.0468 e. The zero-order valence-corrected chi connectivity index (χ0v) is 8.86. The summed E-state index contributed by atoms with van der Waals surface area (Å²) in [4.78, 5) is 0. The van der Waals surface area contributed by atoms with Gasteiger partial charge in [-0.05, 0) is 12.8 Å². The summed E-state index contributed by atoms with van der Waals surface area (Å²) in [7, 11) is -0.737. The van der Waals surface area contributed by atoms with Gasteiger partial charge < -0.3 is 10.4 Å². The number of nitrogens with one attached hydrogen (secondary N) is 1. The Labute approximate surface area is 77.0 Å². The predicted molar refractivity (Wildman–Crippen MR) is 52.6 cm³/mol. The molecule has 0 spiro atoms. The van der Waals surface area contributed by atoms with E-state index in [1.54, 1.807) is 6.26 Å². The molecule has 0 aromatic carbocycles. The summed E-state index contributed by atoms with van der Waals surface area (Å²) in [6.07, 6.45) is 1.70. The maximum absolute atomic E-state index is 10.8. The highest BCUT2D eigenvalue weighted by Gasteiger charge is 2.05. The van der Waals surface area contributed by atoms with Crippen LogP contribution in [-0.4, -0.2) is 40.5 Å². The molecule has 0 rings (SSSR count). The Morgan fingerprint density at radius 1 is 1.50 bits per heavy atom. The van der Waals surface area contributed by atoms with Gasteiger partial charge >= 0.3 is 0 Å². The van der Waals surface area contributed by atoms with Crippen LogP contribution in [0, 0.1) is 5.92 Å². The van der Waals surface area contributed by atoms with Gasteiger partial charge in [0.25, 0.3) is 0 Å². The van der Waals surface area contributed by atoms with Crippen molar-refractivity contribution in [3.05, 3.63) is 0 Å². The van der Waals surface area contributed by atoms with E-state index in [9.17, 15) is 4.21 Å². The predicted octanol–water partition coefficient (Wildman–Crippen LogP) is -0.0286. The lowest BCUT2D eigenvalue weighted by Gasteiger charge is -2.14. The Balaban J connectivity index is 3.43. The molecule has 2 N–H and O–H groups in total. The van der Waals surface area contributed by atoms with Crippen LogP contribution in [0.4, 0.5) is 0 Å². The lowest BCUT2D eigenvalue weighted by molar-refractivity contribution is 0.232. The first kappa shape index (κ1) is 12.1. The molecule has 0 amide bonds. The largest absolute Gasteiger partial charge is 0.396 e. The molecule has 0 saturated carbocycles. The van der Waals surface area contributed by atoms with E-state index in [-0.39, 0.29) is 18.6 Å². The lowest BCUT2D eigenvalue weighted by Crippen LogP contribution is -2.35. The smallest absolute Gasteiger partial charge is 0.0468 e. The first-order chi connectivity index (χ1) is 5.56. The Kier molecular flexibility index (Phi) is 6.61. The van der Waals surface area contributed by atoms with E-state index >= 15 is 0 Å². The van der Waals surface area contributed by atoms with E-state index in [4.69, 9.17) is 5.11 Å². The summed E-state index contributed by atoms with van der Waals surface area (Å²) >= 11 is 0. The summed E-state index contributed by atoms with van der Waals surface area (Å²) in [6, 6.07) is 0.268. The van der Waals surface area contributed by atoms with Crippen molar-refractivity contribution < 1.29 is 9.32 Å². The molecule has 0 aliphatic carbocycles. The zero-order valence-electron chi connectivity index (χ0n) is 8.04. The van der Waals surface area contributed by atoms with Gasteiger partial charge in [-0.2, -0.15) is 0 Å². The second-order valence-corrected chi connectivity index (χ2v) is 4.82. The van der Waals surface area contributed by atoms with Crippen molar-refractivity contribution >= 4 is 10.8 Å². The first-order valence-corrected chi connectivity index (χ1v) is 5.93. The number of rotatable bonds is 6. The van der Waals surface area contributed by atoms with Gasteiger partial charge in [0.05, 0.1) is 0 Å². The van der Waals surface area contributed by atoms with Crippen molar-refractivity contribution in [1.29, 1.82) is 0 Å². The Morgan fingerprint density at radius 3 is 2.50 bits per heavy atom. The summed E-state index contributed by atoms with van der Waals surface area (Å²) < 4.78 is 10.8. The standard InChI is InChI=1S/C8H19NO2S/c1-7(5-10)4-9-8(2)6-12(3)11/h7-10H,4-6H2,1-3H3. The molecular formula is C8H19NO2S. The van der Waals surface area contributed by atoms with Gasteiger partial charge in [-0.3, -0.25) is 4.21 Å². The SMILES string of the molecule is CC(CO)CNC(C)CS(C)=O. The zero-order chi connectivity index (χ0) is 9.56. The van der Waals surface area contributed by atoms with Gasteiger partial charge in [0.1, 0.15) is 0 Å². The van der Waals surface area contributed by atoms with E-state index < -0.39 is 10.8 Å². The third-order valence-electron chi connectivity index (χ3n) is 1.61. The molecule has 0 fully saturated rings. The molecule has 0 aliphatic rings. The summed E-state index contributed by atoms with van der Waals surface area (Å²) in [5, 5.41) is 11.9. The van der Waals surface area contributed by atoms with E-state index in [0.29, 0.717) is 5.75 Å². The highest BCUT2D eigenvalue weighted by atomic mass is 32.2. The molecule has 0 aliphatic heterocycles. The van der Waals surface area contributed by atoms with Gasteiger partial charge in [-0.25, -0.2) is 0 Å². The van der Waals surface area contributed by atoms with Crippen LogP contribution in [0.3, 0.4) is 0 Å². The van der Waals surface area contributed by atoms with E-state index in [1.165, 1.54) is 0 Å². The summed E-state index contributed by atoms with van der Waals surface area (Å²) in [5.41, 5.74) is 0. The first-order valence-electron chi connectivity index (χ1n) is 4.20. The Hall–Kier alpha value is 0.0700. The minimum atomic E-state index is -0.737. The quantitative estimate of drug-likeness (QED) is 0.623. The third-order valence-corrected chi connectivity index (χ3v) is 2.58. The Morgan fingerprint density at radius 2 is 2.08 bits per heavy atom. The molecule has 0 heterocycles. The molecular weight excluding hydrogens is 174 g/mol. The number of hydrogen-bond acceptors (Lipinski definition) is 3. The minimum Gasteiger partial charge on any atom is -0.396 e. The van der Waals surface area contributed by atoms with Crippen molar-refractivity contribution in [2.24, 2.45) is 5.92 Å². The molecule has 3 atom stereocenters. The van der Waals surface area contributed by atoms with Crippen LogP contribution in [0.15, 0.2) is 0 Å². The fraction of sp³-hybridized carbons (Fsp3) is 1.00. The highest BCUT2D eigenvalue weighted by molar-refractivity contribution is 7.84. The molecule has 4 heteroatoms. The average molecular weight is 193 g/mol. The highest BCUT2D eigenvalue weighted by Crippen LogP contribution is 1.92. The molecule has 0 radical (unpaired) electrons. The van der Waals surface area contributed by atoms with Crippen molar-refractivity contribution in [3.63, 3.8) is 0 Å². The fourth-order valence-corrected chi connectivity index (χ4v) is 1.70. The van der Waals surface area contributed by atoms with Crippen LogP contribution in [0.2, 0.25) is 0 Å². The lowest BCUT2D eigenvalue weighted by atomic mass is 10.2. The minimum absolute atomic E-state index is 0.203. The van der Waals surface area contributed by atoms with Crippen LogP contribution in [0.25, 0.3) is 0 Å². The van der Waals surface area contributed by atoms with Crippen molar-refractivity contribution in [3.8, 4) is 0 Å². The van der Waals surface area contributed by atoms with Crippen LogP contribution >= 0.6 is 0 Å². The molecule has 3 nitrogen and oxygen atoms in total. The van der Waals surface area contributed by atoms with Crippen molar-refractivity contribution in [1.82, 2.24) is 5.32 Å². The van der Waals surface area contributed by atoms with E-state index in [0.717, 1.165) is 6.54 Å². The molecule has 12 heavy (non-hydrogen) atoms. The van der Waals surface area contributed by atoms with Crippen LogP contribution in [0.1, 0.15) is 13.8 Å². The van der Waals surface area contributed by atoms with Crippen LogP contribution < -0.4 is 5.32 Å². The molecule has 0 aromatic heterocycles. The monoisotopic (exact) mass is 193 g/mol. The topological polar surface area (TPSA) is 49.3 Å². The van der Waals surface area contributed by atoms with Gasteiger partial charge in [0.2, 0.25) is 0 Å². The summed E-state index contributed by atoms with van der Waals surface area (Å²) in [5.74, 6) is 0.954. The van der Waals surface area contributed by atoms with E-state index in [2.05, 4.69) is 5.32 Å². The van der Waals surface area contributed by atoms with Crippen LogP contribution in [0.5, 0.6) is 0 Å². The van der Waals surface area contributed by atoms with Crippen molar-refractivity contribution in [2.75, 3.05) is 25.2 Å². The van der Waals surface area contributed by atoms with Gasteiger partial charge in [-0.15, -0.1) is 0 Å². The van der Waals surface area contributed by atoms with Crippen molar-refractivity contribution in [2.45, 2.75) is 19.9 Å². The average Bonchev–Trinajstić information content (AvgIpc) is 1.99. The van der Waals surface area contributed by atoms with E-state index in [1.807, 2.05) is 13.8 Å². The summed E-state index contributed by atoms with van der Waals surface area (Å²) in [6.45, 7) is 4.97. The third kappa shape index (κ3) is 6.76. The molecule has 0 bridgehead atoms. The van der Waals surface area contributed by atoms with Gasteiger partial charge in [0.15, 0.2) is 0 Å². The van der Waals surface area contributed by atoms with Gasteiger partial charge in [-0.1, -0.05) is 6.92 Å². The second-order valence-electron chi connectivity index (χ2n) is 3.34. The van der Waals surface area contributed by atoms with Gasteiger partial charge in [0, 0.05) is 42.0 Å². The maximum atomic E-state index is 10.8. The number of hydrogen-bond donors (Lipinski definition) is 2. The number of aliphatic hydroxyl groups excluding tert-OH is 1. The Bertz CT molecular complexity index is 141. The number of aliphatic hydroxyl groups is 1. The second kappa shape index (κ2) is 6.57.